The van der Waals surface area contributed by atoms with Crippen molar-refractivity contribution in [2.75, 3.05) is 11.4 Å². The Bertz CT molecular complexity index is 1210. The maximum absolute atomic E-state index is 12.2. The zero-order valence-electron chi connectivity index (χ0n) is 15.8. The highest BCUT2D eigenvalue weighted by molar-refractivity contribution is 8.03. The summed E-state index contributed by atoms with van der Waals surface area (Å²) in [5.74, 6) is -1.07. The van der Waals surface area contributed by atoms with Crippen molar-refractivity contribution >= 4 is 37.0 Å². The van der Waals surface area contributed by atoms with Gasteiger partial charge in [-0.05, 0) is 30.4 Å². The van der Waals surface area contributed by atoms with Crippen molar-refractivity contribution in [2.24, 2.45) is 0 Å². The van der Waals surface area contributed by atoms with Crippen molar-refractivity contribution < 1.29 is 38.3 Å². The number of aliphatic carboxylic acids is 1. The van der Waals surface area contributed by atoms with Crippen LogP contribution in [0.3, 0.4) is 0 Å². The summed E-state index contributed by atoms with van der Waals surface area (Å²) in [6, 6.07) is 4.65. The summed E-state index contributed by atoms with van der Waals surface area (Å²) in [5.41, 5.74) is 2.58. The van der Waals surface area contributed by atoms with Gasteiger partial charge < -0.3 is 33.6 Å². The first-order valence-electron chi connectivity index (χ1n) is 9.30. The van der Waals surface area contributed by atoms with Gasteiger partial charge >= 0.3 is 5.97 Å². The Morgan fingerprint density at radius 1 is 1.32 bits per heavy atom. The number of allylic oxidation sites excluding steroid dienone is 2. The summed E-state index contributed by atoms with van der Waals surface area (Å²) in [5, 5.41) is 9.93. The number of thioether (sulfide) groups is 1. The van der Waals surface area contributed by atoms with Crippen LogP contribution in [-0.2, 0) is 18.9 Å². The maximum atomic E-state index is 12.2. The predicted molar refractivity (Wildman–Crippen MR) is 106 cm³/mol. The standard InChI is InChI=1S/C20H16NO8PS/c22-15-9-17-11(5-10(15)7-19(23)24)6-13-16(28-17)3-4-21-14-2-1-12(29-30(25,26)27)8-18(14)31-20(13)21/h1-2,5-6,8-9,16H,3-4,7H2,(H,23,24)(H2,25,26,27)/p-2. The van der Waals surface area contributed by atoms with E-state index in [-0.39, 0.29) is 29.6 Å². The van der Waals surface area contributed by atoms with Crippen molar-refractivity contribution in [3.8, 4) is 5.75 Å². The van der Waals surface area contributed by atoms with Crippen molar-refractivity contribution in [3.63, 3.8) is 0 Å². The molecule has 0 fully saturated rings. The number of ether oxygens (including phenoxy) is 1. The molecule has 1 unspecified atom stereocenters. The molecule has 4 aliphatic rings. The second kappa shape index (κ2) is 7.13. The number of phosphoric acid groups is 1. The lowest BCUT2D eigenvalue weighted by atomic mass is 9.90. The van der Waals surface area contributed by atoms with Gasteiger partial charge in [0.1, 0.15) is 25.4 Å². The summed E-state index contributed by atoms with van der Waals surface area (Å²) in [6.07, 6.45) is 4.82. The second-order valence-corrected chi connectivity index (χ2v) is 9.40. The van der Waals surface area contributed by atoms with Gasteiger partial charge in [0.15, 0.2) is 5.78 Å². The molecule has 1 N–H and O–H groups in total. The molecule has 9 nitrogen and oxygen atoms in total. The molecule has 11 heteroatoms. The summed E-state index contributed by atoms with van der Waals surface area (Å²) < 4.78 is 21.4. The third kappa shape index (κ3) is 3.72. The van der Waals surface area contributed by atoms with Gasteiger partial charge in [-0.15, -0.1) is 0 Å². The van der Waals surface area contributed by atoms with Gasteiger partial charge in [0.25, 0.3) is 0 Å². The first kappa shape index (κ1) is 20.1. The largest absolute Gasteiger partial charge is 0.780 e. The molecule has 3 aliphatic heterocycles. The Kier molecular flexibility index (Phi) is 4.63. The number of ketones is 1. The Morgan fingerprint density at radius 3 is 2.87 bits per heavy atom. The summed E-state index contributed by atoms with van der Waals surface area (Å²) in [6.45, 7) is 0.649. The van der Waals surface area contributed by atoms with Crippen molar-refractivity contribution in [2.45, 2.75) is 23.8 Å². The smallest absolute Gasteiger partial charge is 0.307 e. The van der Waals surface area contributed by atoms with E-state index in [0.29, 0.717) is 24.3 Å². The number of phosphoric ester groups is 1. The molecule has 0 aromatic heterocycles. The molecule has 0 radical (unpaired) electrons. The van der Waals surface area contributed by atoms with Gasteiger partial charge in [0, 0.05) is 40.7 Å². The van der Waals surface area contributed by atoms with E-state index in [2.05, 4.69) is 9.42 Å². The summed E-state index contributed by atoms with van der Waals surface area (Å²) >= 11 is 1.40. The Balaban J connectivity index is 1.52. The number of carboxylic acid groups (broad SMARTS) is 1. The number of benzene rings is 1. The van der Waals surface area contributed by atoms with E-state index in [1.165, 1.54) is 30.0 Å². The van der Waals surface area contributed by atoms with E-state index < -0.39 is 13.8 Å². The molecule has 1 aliphatic carbocycles. The van der Waals surface area contributed by atoms with Gasteiger partial charge in [-0.25, -0.2) is 0 Å². The molecule has 1 atom stereocenters. The van der Waals surface area contributed by atoms with Crippen LogP contribution in [0.15, 0.2) is 68.8 Å². The lowest BCUT2D eigenvalue weighted by Gasteiger charge is -2.36. The number of nitrogens with zero attached hydrogens (tertiary/aromatic N) is 1. The lowest BCUT2D eigenvalue weighted by Crippen LogP contribution is -2.35. The highest BCUT2D eigenvalue weighted by Gasteiger charge is 2.38. The molecule has 0 bridgehead atoms. The number of hydrogen-bond donors (Lipinski definition) is 1. The maximum Gasteiger partial charge on any atom is 0.307 e. The number of carbonyl (C=O) groups is 2. The van der Waals surface area contributed by atoms with Crippen LogP contribution in [0.2, 0.25) is 0 Å². The van der Waals surface area contributed by atoms with Crippen LogP contribution in [0, 0.1) is 0 Å². The molecule has 0 saturated carbocycles. The number of fused-ring (bicyclic) bond motifs is 5. The topological polar surface area (TPSA) is 139 Å². The average Bonchev–Trinajstić information content (AvgIpc) is 3.03. The number of rotatable bonds is 4. The highest BCUT2D eigenvalue weighted by atomic mass is 32.2. The zero-order valence-corrected chi connectivity index (χ0v) is 17.5. The minimum absolute atomic E-state index is 0.0444. The highest BCUT2D eigenvalue weighted by Crippen LogP contribution is 2.53. The van der Waals surface area contributed by atoms with E-state index in [4.69, 9.17) is 9.84 Å². The molecule has 31 heavy (non-hydrogen) atoms. The molecule has 1 aromatic rings. The van der Waals surface area contributed by atoms with Crippen LogP contribution in [0.4, 0.5) is 5.69 Å². The molecule has 0 spiro atoms. The first-order valence-corrected chi connectivity index (χ1v) is 11.6. The van der Waals surface area contributed by atoms with Gasteiger partial charge in [-0.1, -0.05) is 11.8 Å². The molecular weight excluding hydrogens is 445 g/mol. The molecule has 160 valence electrons. The Morgan fingerprint density at radius 2 is 2.13 bits per heavy atom. The van der Waals surface area contributed by atoms with Crippen LogP contribution in [0.1, 0.15) is 12.8 Å². The minimum atomic E-state index is -5.15. The van der Waals surface area contributed by atoms with Crippen LogP contribution in [0.5, 0.6) is 5.75 Å². The fourth-order valence-electron chi connectivity index (χ4n) is 3.97. The molecule has 3 heterocycles. The van der Waals surface area contributed by atoms with Crippen LogP contribution < -0.4 is 19.2 Å². The van der Waals surface area contributed by atoms with E-state index >= 15 is 0 Å². The van der Waals surface area contributed by atoms with E-state index in [9.17, 15) is 23.9 Å². The minimum Gasteiger partial charge on any atom is -0.780 e. The number of anilines is 1. The normalized spacial score (nSPS) is 21.7. The van der Waals surface area contributed by atoms with E-state index in [0.717, 1.165) is 21.2 Å². The van der Waals surface area contributed by atoms with Crippen LogP contribution >= 0.6 is 19.6 Å². The monoisotopic (exact) mass is 459 g/mol. The van der Waals surface area contributed by atoms with Crippen LogP contribution in [-0.4, -0.2) is 29.5 Å². The quantitative estimate of drug-likeness (QED) is 0.661. The molecule has 5 rings (SSSR count). The first-order chi connectivity index (χ1) is 14.7. The Hall–Kier alpha value is -2.78. The number of carboxylic acids is 1. The van der Waals surface area contributed by atoms with Gasteiger partial charge in [0.05, 0.1) is 17.1 Å². The van der Waals surface area contributed by atoms with Gasteiger partial charge in [-0.2, -0.15) is 0 Å². The van der Waals surface area contributed by atoms with E-state index in [1.54, 1.807) is 12.1 Å². The molecule has 0 amide bonds. The fraction of sp³-hybridized carbons (Fsp3) is 0.200. The SMILES string of the molecule is O=C(O)CC1=CC2=CC3=C4Sc5cc(OP(=O)([O-])[O-])ccc5N4CCC3OC2=CC1=O. The van der Waals surface area contributed by atoms with Gasteiger partial charge in [-0.3, -0.25) is 9.59 Å². The summed E-state index contributed by atoms with van der Waals surface area (Å²) in [7, 11) is -5.15. The molecule has 0 saturated heterocycles. The average molecular weight is 459 g/mol. The molecular formula is C20H14NO8PS-2. The van der Waals surface area contributed by atoms with Crippen molar-refractivity contribution in [1.82, 2.24) is 0 Å². The van der Waals surface area contributed by atoms with Gasteiger partial charge in [0.2, 0.25) is 0 Å². The second-order valence-electron chi connectivity index (χ2n) is 7.29. The van der Waals surface area contributed by atoms with Crippen molar-refractivity contribution in [1.29, 1.82) is 0 Å². The number of carbonyl (C=O) groups excluding carboxylic acids is 1. The zero-order chi connectivity index (χ0) is 21.9. The summed E-state index contributed by atoms with van der Waals surface area (Å²) in [4.78, 5) is 47.9. The van der Waals surface area contributed by atoms with Crippen molar-refractivity contribution in [3.05, 3.63) is 63.9 Å². The van der Waals surface area contributed by atoms with Crippen LogP contribution in [0.25, 0.3) is 0 Å². The fourth-order valence-corrected chi connectivity index (χ4v) is 5.61. The Labute approximate surface area is 180 Å². The molecule has 1 aromatic carbocycles. The number of hydrogen-bond acceptors (Lipinski definition) is 9. The third-order valence-electron chi connectivity index (χ3n) is 5.21. The lowest BCUT2D eigenvalue weighted by molar-refractivity contribution is -0.333. The predicted octanol–water partition coefficient (Wildman–Crippen LogP) is 1.61. The van der Waals surface area contributed by atoms with E-state index in [1.807, 2.05) is 6.08 Å². The third-order valence-corrected chi connectivity index (χ3v) is 6.85.